The third-order valence-corrected chi connectivity index (χ3v) is 3.25. The molecular weight excluding hydrogens is 256 g/mol. The van der Waals surface area contributed by atoms with E-state index >= 15 is 0 Å². The van der Waals surface area contributed by atoms with E-state index in [4.69, 9.17) is 4.42 Å². The molecule has 3 N–H and O–H groups in total. The van der Waals surface area contributed by atoms with E-state index in [1.807, 2.05) is 19.1 Å². The maximum Gasteiger partial charge on any atom is 0.234 e. The standard InChI is InChI=1S/C14H18N4O2/c1-9-2-5-12(20-9)14-10(7-16-18-14)6-15-8-13(19)17-11-3-4-11/h2,5,7,11,15H,3-4,6,8H2,1H3,(H,16,18)(H,17,19). The average molecular weight is 274 g/mol. The number of carbonyl (C=O) groups excluding carboxylic acids is 1. The topological polar surface area (TPSA) is 83.0 Å². The fraction of sp³-hybridized carbons (Fsp3) is 0.429. The van der Waals surface area contributed by atoms with Crippen molar-refractivity contribution in [3.8, 4) is 11.5 Å². The minimum absolute atomic E-state index is 0.0476. The van der Waals surface area contributed by atoms with Gasteiger partial charge >= 0.3 is 0 Å². The Morgan fingerprint density at radius 1 is 1.50 bits per heavy atom. The van der Waals surface area contributed by atoms with Gasteiger partial charge in [0.2, 0.25) is 5.91 Å². The zero-order valence-electron chi connectivity index (χ0n) is 11.4. The average Bonchev–Trinajstić information content (AvgIpc) is 2.93. The fourth-order valence-electron chi connectivity index (χ4n) is 2.04. The van der Waals surface area contributed by atoms with Crippen molar-refractivity contribution in [2.75, 3.05) is 6.54 Å². The molecule has 0 radical (unpaired) electrons. The zero-order valence-corrected chi connectivity index (χ0v) is 11.4. The first-order valence-electron chi connectivity index (χ1n) is 6.81. The molecule has 0 saturated heterocycles. The number of hydrogen-bond donors (Lipinski definition) is 3. The molecule has 0 aliphatic heterocycles. The third kappa shape index (κ3) is 3.08. The lowest BCUT2D eigenvalue weighted by Crippen LogP contribution is -2.34. The smallest absolute Gasteiger partial charge is 0.234 e. The summed E-state index contributed by atoms with van der Waals surface area (Å²) in [7, 11) is 0. The van der Waals surface area contributed by atoms with Crippen molar-refractivity contribution in [1.29, 1.82) is 0 Å². The Morgan fingerprint density at radius 3 is 3.05 bits per heavy atom. The van der Waals surface area contributed by atoms with Gasteiger partial charge in [-0.15, -0.1) is 0 Å². The highest BCUT2D eigenvalue weighted by Crippen LogP contribution is 2.23. The molecule has 0 atom stereocenters. The van der Waals surface area contributed by atoms with E-state index in [2.05, 4.69) is 20.8 Å². The summed E-state index contributed by atoms with van der Waals surface area (Å²) in [6.07, 6.45) is 3.96. The lowest BCUT2D eigenvalue weighted by Gasteiger charge is -2.05. The minimum atomic E-state index is 0.0476. The normalized spacial score (nSPS) is 14.4. The van der Waals surface area contributed by atoms with E-state index in [-0.39, 0.29) is 5.91 Å². The molecule has 2 aromatic heterocycles. The Kier molecular flexibility index (Phi) is 3.56. The Bertz CT molecular complexity index is 598. The van der Waals surface area contributed by atoms with Crippen LogP contribution in [0.5, 0.6) is 0 Å². The summed E-state index contributed by atoms with van der Waals surface area (Å²) in [6, 6.07) is 4.22. The first kappa shape index (κ1) is 12.9. The maximum absolute atomic E-state index is 11.6. The number of nitrogens with one attached hydrogen (secondary N) is 3. The molecule has 2 heterocycles. The van der Waals surface area contributed by atoms with Crippen molar-refractivity contribution in [3.05, 3.63) is 29.7 Å². The minimum Gasteiger partial charge on any atom is -0.460 e. The summed E-state index contributed by atoms with van der Waals surface area (Å²) >= 11 is 0. The third-order valence-electron chi connectivity index (χ3n) is 3.25. The number of nitrogens with zero attached hydrogens (tertiary/aromatic N) is 1. The second kappa shape index (κ2) is 5.50. The predicted molar refractivity (Wildman–Crippen MR) is 73.9 cm³/mol. The van der Waals surface area contributed by atoms with E-state index in [9.17, 15) is 4.79 Å². The van der Waals surface area contributed by atoms with Gasteiger partial charge in [-0.2, -0.15) is 5.10 Å². The van der Waals surface area contributed by atoms with Crippen LogP contribution < -0.4 is 10.6 Å². The summed E-state index contributed by atoms with van der Waals surface area (Å²) < 4.78 is 5.58. The summed E-state index contributed by atoms with van der Waals surface area (Å²) in [4.78, 5) is 11.6. The molecule has 1 amide bonds. The van der Waals surface area contributed by atoms with Gasteiger partial charge in [-0.3, -0.25) is 9.89 Å². The number of carbonyl (C=O) groups is 1. The number of H-pyrrole nitrogens is 1. The molecule has 1 aliphatic carbocycles. The molecule has 106 valence electrons. The number of furan rings is 1. The van der Waals surface area contributed by atoms with E-state index in [0.29, 0.717) is 19.1 Å². The van der Waals surface area contributed by atoms with Crippen LogP contribution in [-0.4, -0.2) is 28.7 Å². The Hall–Kier alpha value is -2.08. The maximum atomic E-state index is 11.6. The molecule has 20 heavy (non-hydrogen) atoms. The van der Waals surface area contributed by atoms with Gasteiger partial charge in [0.25, 0.3) is 0 Å². The second-order valence-corrected chi connectivity index (χ2v) is 5.13. The van der Waals surface area contributed by atoms with Crippen LogP contribution >= 0.6 is 0 Å². The fourth-order valence-corrected chi connectivity index (χ4v) is 2.04. The summed E-state index contributed by atoms with van der Waals surface area (Å²) in [5.74, 6) is 1.67. The molecule has 6 heteroatoms. The Morgan fingerprint density at radius 2 is 2.35 bits per heavy atom. The lowest BCUT2D eigenvalue weighted by molar-refractivity contribution is -0.120. The van der Waals surface area contributed by atoms with Crippen LogP contribution in [0.15, 0.2) is 22.7 Å². The molecule has 3 rings (SSSR count). The van der Waals surface area contributed by atoms with E-state index in [1.54, 1.807) is 6.20 Å². The molecule has 0 unspecified atom stereocenters. The van der Waals surface area contributed by atoms with Crippen LogP contribution in [0.25, 0.3) is 11.5 Å². The molecule has 0 aromatic carbocycles. The van der Waals surface area contributed by atoms with Crippen molar-refractivity contribution < 1.29 is 9.21 Å². The van der Waals surface area contributed by atoms with Crippen LogP contribution in [0.3, 0.4) is 0 Å². The summed E-state index contributed by atoms with van der Waals surface area (Å²) in [5, 5.41) is 13.0. The molecule has 1 saturated carbocycles. The number of amides is 1. The van der Waals surface area contributed by atoms with Gasteiger partial charge < -0.3 is 15.1 Å². The summed E-state index contributed by atoms with van der Waals surface area (Å²) in [5.41, 5.74) is 1.84. The van der Waals surface area contributed by atoms with Gasteiger partial charge in [-0.1, -0.05) is 0 Å². The van der Waals surface area contributed by atoms with Gasteiger partial charge in [0.1, 0.15) is 11.5 Å². The SMILES string of the molecule is Cc1ccc(-c2[nH]ncc2CNCC(=O)NC2CC2)o1. The van der Waals surface area contributed by atoms with Gasteiger partial charge in [0.15, 0.2) is 5.76 Å². The van der Waals surface area contributed by atoms with Crippen LogP contribution in [0, 0.1) is 6.92 Å². The zero-order chi connectivity index (χ0) is 13.9. The van der Waals surface area contributed by atoms with E-state index < -0.39 is 0 Å². The molecular formula is C14H18N4O2. The van der Waals surface area contributed by atoms with Crippen molar-refractivity contribution in [3.63, 3.8) is 0 Å². The van der Waals surface area contributed by atoms with Gasteiger partial charge in [0, 0.05) is 18.2 Å². The molecule has 0 spiro atoms. The number of aryl methyl sites for hydroxylation is 1. The highest BCUT2D eigenvalue weighted by Gasteiger charge is 2.22. The highest BCUT2D eigenvalue weighted by atomic mass is 16.3. The lowest BCUT2D eigenvalue weighted by atomic mass is 10.2. The molecule has 1 fully saturated rings. The quantitative estimate of drug-likeness (QED) is 0.742. The largest absolute Gasteiger partial charge is 0.460 e. The molecule has 6 nitrogen and oxygen atoms in total. The van der Waals surface area contributed by atoms with Gasteiger partial charge in [-0.25, -0.2) is 0 Å². The number of aromatic nitrogens is 2. The first-order chi connectivity index (χ1) is 9.72. The highest BCUT2D eigenvalue weighted by molar-refractivity contribution is 5.78. The first-order valence-corrected chi connectivity index (χ1v) is 6.81. The van der Waals surface area contributed by atoms with Crippen molar-refractivity contribution in [1.82, 2.24) is 20.8 Å². The molecule has 0 bridgehead atoms. The van der Waals surface area contributed by atoms with Crippen LogP contribution in [-0.2, 0) is 11.3 Å². The second-order valence-electron chi connectivity index (χ2n) is 5.13. The van der Waals surface area contributed by atoms with Crippen molar-refractivity contribution >= 4 is 5.91 Å². The van der Waals surface area contributed by atoms with E-state index in [1.165, 1.54) is 0 Å². The monoisotopic (exact) mass is 274 g/mol. The van der Waals surface area contributed by atoms with Crippen molar-refractivity contribution in [2.45, 2.75) is 32.4 Å². The van der Waals surface area contributed by atoms with Crippen LogP contribution in [0.1, 0.15) is 24.2 Å². The Labute approximate surface area is 116 Å². The van der Waals surface area contributed by atoms with Gasteiger partial charge in [-0.05, 0) is 31.9 Å². The number of aromatic amines is 1. The van der Waals surface area contributed by atoms with Crippen LogP contribution in [0.4, 0.5) is 0 Å². The van der Waals surface area contributed by atoms with Crippen molar-refractivity contribution in [2.24, 2.45) is 0 Å². The molecule has 2 aromatic rings. The van der Waals surface area contributed by atoms with Crippen LogP contribution in [0.2, 0.25) is 0 Å². The van der Waals surface area contributed by atoms with Gasteiger partial charge in [0.05, 0.1) is 12.7 Å². The number of rotatable bonds is 6. The Balaban J connectivity index is 1.55. The summed E-state index contributed by atoms with van der Waals surface area (Å²) in [6.45, 7) is 2.79. The molecule has 1 aliphatic rings. The van der Waals surface area contributed by atoms with E-state index in [0.717, 1.165) is 35.6 Å². The number of hydrogen-bond acceptors (Lipinski definition) is 4. The predicted octanol–water partition coefficient (Wildman–Crippen LogP) is 1.35.